The molecule has 1 aromatic carbocycles. The lowest BCUT2D eigenvalue weighted by Crippen LogP contribution is -2.40. The number of rotatable bonds is 5. The average molecular weight is 267 g/mol. The molecule has 2 unspecified atom stereocenters. The third-order valence-corrected chi connectivity index (χ3v) is 3.29. The number of nitrogens with zero attached hydrogens (tertiary/aromatic N) is 1. The van der Waals surface area contributed by atoms with Gasteiger partial charge in [0.1, 0.15) is 5.75 Å². The van der Waals surface area contributed by atoms with E-state index in [0.717, 1.165) is 17.7 Å². The van der Waals surface area contributed by atoms with Crippen molar-refractivity contribution >= 4 is 18.5 Å². The number of hydrogen-bond donors (Lipinski definition) is 1. The van der Waals surface area contributed by atoms with Crippen LogP contribution >= 0.6 is 12.6 Å². The molecule has 0 aliphatic rings. The molecule has 0 spiro atoms. The molecule has 3 nitrogen and oxygen atoms in total. The van der Waals surface area contributed by atoms with Gasteiger partial charge in [-0.3, -0.25) is 4.79 Å². The van der Waals surface area contributed by atoms with E-state index in [0.29, 0.717) is 0 Å². The normalized spacial score (nSPS) is 13.8. The molecular formula is C14H21NO2S. The zero-order valence-corrected chi connectivity index (χ0v) is 12.3. The number of methoxy groups -OCH3 is 1. The third kappa shape index (κ3) is 3.67. The van der Waals surface area contributed by atoms with Crippen LogP contribution in [0.15, 0.2) is 24.3 Å². The van der Waals surface area contributed by atoms with Crippen LogP contribution in [0.25, 0.3) is 0 Å². The van der Waals surface area contributed by atoms with Crippen LogP contribution in [0.3, 0.4) is 0 Å². The number of amides is 1. The fourth-order valence-corrected chi connectivity index (χ4v) is 2.02. The van der Waals surface area contributed by atoms with E-state index in [1.54, 1.807) is 18.9 Å². The molecule has 18 heavy (non-hydrogen) atoms. The van der Waals surface area contributed by atoms with Crippen molar-refractivity contribution in [3.63, 3.8) is 0 Å². The molecule has 1 amide bonds. The molecule has 100 valence electrons. The van der Waals surface area contributed by atoms with Gasteiger partial charge in [0, 0.05) is 13.1 Å². The first kappa shape index (κ1) is 14.9. The zero-order valence-electron chi connectivity index (χ0n) is 11.4. The highest BCUT2D eigenvalue weighted by atomic mass is 32.1. The van der Waals surface area contributed by atoms with Crippen LogP contribution < -0.4 is 4.74 Å². The summed E-state index contributed by atoms with van der Waals surface area (Å²) in [7, 11) is 3.48. The quantitative estimate of drug-likeness (QED) is 0.830. The first-order chi connectivity index (χ1) is 8.47. The number of para-hydroxylation sites is 1. The lowest BCUT2D eigenvalue weighted by Gasteiger charge is -2.27. The fourth-order valence-electron chi connectivity index (χ4n) is 1.84. The van der Waals surface area contributed by atoms with Crippen molar-refractivity contribution in [2.45, 2.75) is 31.6 Å². The molecule has 0 saturated carbocycles. The lowest BCUT2D eigenvalue weighted by molar-refractivity contribution is -0.130. The molecule has 1 rings (SSSR count). The van der Waals surface area contributed by atoms with Crippen molar-refractivity contribution in [1.29, 1.82) is 0 Å². The highest BCUT2D eigenvalue weighted by Crippen LogP contribution is 2.20. The Bertz CT molecular complexity index is 407. The van der Waals surface area contributed by atoms with Crippen molar-refractivity contribution in [3.05, 3.63) is 29.8 Å². The summed E-state index contributed by atoms with van der Waals surface area (Å²) >= 11 is 4.18. The number of carbonyl (C=O) groups excluding carboxylic acids is 1. The summed E-state index contributed by atoms with van der Waals surface area (Å²) in [5.41, 5.74) is 1.11. The van der Waals surface area contributed by atoms with E-state index >= 15 is 0 Å². The van der Waals surface area contributed by atoms with Crippen LogP contribution in [-0.4, -0.2) is 36.3 Å². The average Bonchev–Trinajstić information content (AvgIpc) is 2.37. The van der Waals surface area contributed by atoms with Crippen molar-refractivity contribution in [2.24, 2.45) is 0 Å². The number of ether oxygens (including phenoxy) is 1. The summed E-state index contributed by atoms with van der Waals surface area (Å²) in [6, 6.07) is 8.00. The zero-order chi connectivity index (χ0) is 13.7. The van der Waals surface area contributed by atoms with Crippen LogP contribution in [0.2, 0.25) is 0 Å². The van der Waals surface area contributed by atoms with Crippen molar-refractivity contribution in [3.8, 4) is 5.75 Å². The summed E-state index contributed by atoms with van der Waals surface area (Å²) in [5, 5.41) is -0.268. The summed E-state index contributed by atoms with van der Waals surface area (Å²) in [4.78, 5) is 13.6. The van der Waals surface area contributed by atoms with Gasteiger partial charge in [-0.2, -0.15) is 12.6 Å². The van der Waals surface area contributed by atoms with E-state index < -0.39 is 0 Å². The van der Waals surface area contributed by atoms with Gasteiger partial charge in [0.15, 0.2) is 0 Å². The summed E-state index contributed by atoms with van der Waals surface area (Å²) in [5.74, 6) is 0.907. The largest absolute Gasteiger partial charge is 0.496 e. The second kappa shape index (κ2) is 6.69. The smallest absolute Gasteiger partial charge is 0.235 e. The lowest BCUT2D eigenvalue weighted by atomic mass is 10.0. The molecule has 0 fully saturated rings. The molecule has 0 heterocycles. The Morgan fingerprint density at radius 1 is 1.39 bits per heavy atom. The predicted octanol–water partition coefficient (Wildman–Crippen LogP) is 2.40. The Morgan fingerprint density at radius 3 is 2.56 bits per heavy atom. The molecule has 1 aromatic rings. The fraction of sp³-hybridized carbons (Fsp3) is 0.500. The van der Waals surface area contributed by atoms with Gasteiger partial charge in [-0.15, -0.1) is 0 Å². The summed E-state index contributed by atoms with van der Waals surface area (Å²) in [6.07, 6.45) is 0.771. The number of hydrogen-bond acceptors (Lipinski definition) is 3. The molecule has 0 N–H and O–H groups in total. The minimum Gasteiger partial charge on any atom is -0.496 e. The molecule has 0 saturated heterocycles. The van der Waals surface area contributed by atoms with E-state index in [2.05, 4.69) is 12.6 Å². The first-order valence-corrected chi connectivity index (χ1v) is 6.55. The Balaban J connectivity index is 2.75. The van der Waals surface area contributed by atoms with Crippen LogP contribution in [0.5, 0.6) is 5.75 Å². The minimum atomic E-state index is -0.268. The molecule has 4 heteroatoms. The highest BCUT2D eigenvalue weighted by Gasteiger charge is 2.20. The number of benzene rings is 1. The Kier molecular flexibility index (Phi) is 5.54. The van der Waals surface area contributed by atoms with Crippen LogP contribution in [0.4, 0.5) is 0 Å². The van der Waals surface area contributed by atoms with Crippen molar-refractivity contribution < 1.29 is 9.53 Å². The first-order valence-electron chi connectivity index (χ1n) is 6.04. The minimum absolute atomic E-state index is 0.0423. The highest BCUT2D eigenvalue weighted by molar-refractivity contribution is 7.81. The number of carbonyl (C=O) groups is 1. The molecule has 0 aliphatic heterocycles. The molecule has 0 radical (unpaired) electrons. The number of likely N-dealkylation sites (N-methyl/N-ethyl adjacent to an activating group) is 1. The topological polar surface area (TPSA) is 29.5 Å². The van der Waals surface area contributed by atoms with Crippen molar-refractivity contribution in [1.82, 2.24) is 4.90 Å². The number of thiol groups is 1. The summed E-state index contributed by atoms with van der Waals surface area (Å²) in [6.45, 7) is 3.82. The van der Waals surface area contributed by atoms with Crippen LogP contribution in [0.1, 0.15) is 19.4 Å². The van der Waals surface area contributed by atoms with Gasteiger partial charge >= 0.3 is 0 Å². The standard InChI is InChI=1S/C14H21NO2S/c1-10(15(3)14(16)11(2)18)9-12-7-5-6-8-13(12)17-4/h5-8,10-11,18H,9H2,1-4H3. The Morgan fingerprint density at radius 2 is 2.00 bits per heavy atom. The molecule has 0 bridgehead atoms. The van der Waals surface area contributed by atoms with E-state index in [9.17, 15) is 4.79 Å². The van der Waals surface area contributed by atoms with Gasteiger partial charge in [0.05, 0.1) is 12.4 Å². The van der Waals surface area contributed by atoms with Gasteiger partial charge < -0.3 is 9.64 Å². The maximum atomic E-state index is 11.8. The maximum absolute atomic E-state index is 11.8. The monoisotopic (exact) mass is 267 g/mol. The third-order valence-electron chi connectivity index (χ3n) is 3.07. The van der Waals surface area contributed by atoms with E-state index in [1.165, 1.54) is 0 Å². The van der Waals surface area contributed by atoms with E-state index in [-0.39, 0.29) is 17.2 Å². The van der Waals surface area contributed by atoms with Crippen LogP contribution in [0, 0.1) is 0 Å². The van der Waals surface area contributed by atoms with E-state index in [1.807, 2.05) is 38.2 Å². The molecular weight excluding hydrogens is 246 g/mol. The second-order valence-corrected chi connectivity index (χ2v) is 5.26. The van der Waals surface area contributed by atoms with E-state index in [4.69, 9.17) is 4.74 Å². The molecule has 0 aliphatic carbocycles. The van der Waals surface area contributed by atoms with Gasteiger partial charge in [0.2, 0.25) is 5.91 Å². The Hall–Kier alpha value is -1.16. The maximum Gasteiger partial charge on any atom is 0.235 e. The molecule has 0 aromatic heterocycles. The van der Waals surface area contributed by atoms with Gasteiger partial charge in [-0.1, -0.05) is 18.2 Å². The Labute approximate surface area is 115 Å². The van der Waals surface area contributed by atoms with Crippen LogP contribution in [-0.2, 0) is 11.2 Å². The second-order valence-electron chi connectivity index (χ2n) is 4.49. The van der Waals surface area contributed by atoms with Gasteiger partial charge in [-0.05, 0) is 31.9 Å². The summed E-state index contributed by atoms with van der Waals surface area (Å²) < 4.78 is 5.32. The SMILES string of the molecule is COc1ccccc1CC(C)N(C)C(=O)C(C)S. The molecule has 2 atom stereocenters. The van der Waals surface area contributed by atoms with Gasteiger partial charge in [-0.25, -0.2) is 0 Å². The van der Waals surface area contributed by atoms with Gasteiger partial charge in [0.25, 0.3) is 0 Å². The predicted molar refractivity (Wildman–Crippen MR) is 77.4 cm³/mol. The van der Waals surface area contributed by atoms with Crippen molar-refractivity contribution in [2.75, 3.05) is 14.2 Å².